The average Bonchev–Trinajstić information content (AvgIpc) is 2.82. The van der Waals surface area contributed by atoms with Crippen LogP contribution in [0.2, 0.25) is 0 Å². The molecule has 0 fully saturated rings. The zero-order chi connectivity index (χ0) is 14.2. The molecule has 0 radical (unpaired) electrons. The highest BCUT2D eigenvalue weighted by Gasteiger charge is 2.29. The summed E-state index contributed by atoms with van der Waals surface area (Å²) in [4.78, 5) is 4.43. The van der Waals surface area contributed by atoms with E-state index in [0.29, 0.717) is 6.42 Å². The summed E-state index contributed by atoms with van der Waals surface area (Å²) < 4.78 is 29.9. The van der Waals surface area contributed by atoms with Crippen LogP contribution >= 0.6 is 0 Å². The van der Waals surface area contributed by atoms with Gasteiger partial charge < -0.3 is 0 Å². The molecule has 1 aromatic heterocycles. The van der Waals surface area contributed by atoms with Gasteiger partial charge in [-0.2, -0.15) is 8.42 Å². The van der Waals surface area contributed by atoms with Crippen LogP contribution in [0.25, 0.3) is 0 Å². The molecule has 20 heavy (non-hydrogen) atoms. The molecule has 0 saturated carbocycles. The van der Waals surface area contributed by atoms with E-state index in [-0.39, 0.29) is 4.90 Å². The van der Waals surface area contributed by atoms with Gasteiger partial charge in [0.05, 0.1) is 10.6 Å². The van der Waals surface area contributed by atoms with Gasteiger partial charge in [-0.15, -0.1) is 0 Å². The van der Waals surface area contributed by atoms with Gasteiger partial charge in [0.1, 0.15) is 6.10 Å². The summed E-state index contributed by atoms with van der Waals surface area (Å²) in [5.41, 5.74) is 2.82. The molecular weight excluding hydrogens is 274 g/mol. The smallest absolute Gasteiger partial charge is 0.258 e. The minimum Gasteiger partial charge on any atom is -0.258 e. The zero-order valence-electron chi connectivity index (χ0n) is 11.1. The Bertz CT molecular complexity index is 723. The maximum Gasteiger partial charge on any atom is 0.297 e. The van der Waals surface area contributed by atoms with E-state index >= 15 is 0 Å². The Morgan fingerprint density at radius 2 is 1.95 bits per heavy atom. The number of hydrogen-bond acceptors (Lipinski definition) is 4. The van der Waals surface area contributed by atoms with Gasteiger partial charge in [-0.1, -0.05) is 23.8 Å². The quantitative estimate of drug-likeness (QED) is 0.815. The number of pyridine rings is 1. The zero-order valence-corrected chi connectivity index (χ0v) is 11.9. The van der Waals surface area contributed by atoms with Gasteiger partial charge in [-0.25, -0.2) is 0 Å². The lowest BCUT2D eigenvalue weighted by Gasteiger charge is -2.12. The van der Waals surface area contributed by atoms with Crippen molar-refractivity contribution in [1.29, 1.82) is 0 Å². The third-order valence-corrected chi connectivity index (χ3v) is 4.79. The van der Waals surface area contributed by atoms with E-state index in [2.05, 4.69) is 4.98 Å². The summed E-state index contributed by atoms with van der Waals surface area (Å²) in [5, 5.41) is 0. The average molecular weight is 289 g/mol. The lowest BCUT2D eigenvalue weighted by molar-refractivity contribution is 0.211. The number of rotatable bonds is 3. The lowest BCUT2D eigenvalue weighted by atomic mass is 10.2. The minimum atomic E-state index is -3.74. The number of benzene rings is 1. The van der Waals surface area contributed by atoms with E-state index < -0.39 is 16.2 Å². The van der Waals surface area contributed by atoms with Crippen molar-refractivity contribution < 1.29 is 12.6 Å². The van der Waals surface area contributed by atoms with E-state index in [0.717, 1.165) is 23.2 Å². The molecule has 0 spiro atoms. The molecule has 104 valence electrons. The second kappa shape index (κ2) is 5.00. The molecular formula is C15H15NO3S. The molecule has 0 N–H and O–H groups in total. The Balaban J connectivity index is 1.86. The van der Waals surface area contributed by atoms with Crippen molar-refractivity contribution in [2.45, 2.75) is 30.8 Å². The molecule has 2 aromatic rings. The van der Waals surface area contributed by atoms with Gasteiger partial charge >= 0.3 is 0 Å². The Labute approximate surface area is 118 Å². The standard InChI is InChI=1S/C15H15NO3S/c1-11-4-7-13(8-5-11)20(17,18)19-14-9-6-12-3-2-10-16-15(12)14/h2-5,7-8,10,14H,6,9H2,1H3. The highest BCUT2D eigenvalue weighted by atomic mass is 32.2. The molecule has 3 rings (SSSR count). The van der Waals surface area contributed by atoms with Gasteiger partial charge in [-0.05, 0) is 43.5 Å². The van der Waals surface area contributed by atoms with Crippen molar-refractivity contribution in [2.75, 3.05) is 0 Å². The Morgan fingerprint density at radius 1 is 1.20 bits per heavy atom. The molecule has 0 saturated heterocycles. The van der Waals surface area contributed by atoms with Gasteiger partial charge in [0, 0.05) is 6.20 Å². The molecule has 1 aromatic carbocycles. The summed E-state index contributed by atoms with van der Waals surface area (Å²) in [5.74, 6) is 0. The fraction of sp³-hybridized carbons (Fsp3) is 0.267. The van der Waals surface area contributed by atoms with Crippen LogP contribution in [-0.4, -0.2) is 13.4 Å². The second-order valence-corrected chi connectivity index (χ2v) is 6.51. The van der Waals surface area contributed by atoms with Crippen molar-refractivity contribution in [3.05, 3.63) is 59.4 Å². The molecule has 0 aliphatic heterocycles. The van der Waals surface area contributed by atoms with Crippen LogP contribution in [0.5, 0.6) is 0 Å². The first-order chi connectivity index (χ1) is 9.56. The summed E-state index contributed by atoms with van der Waals surface area (Å²) in [6.45, 7) is 1.91. The number of hydrogen-bond donors (Lipinski definition) is 0. The fourth-order valence-corrected chi connectivity index (χ4v) is 3.46. The van der Waals surface area contributed by atoms with Crippen LogP contribution in [-0.2, 0) is 20.7 Å². The Hall–Kier alpha value is -1.72. The minimum absolute atomic E-state index is 0.187. The summed E-state index contributed by atoms with van der Waals surface area (Å²) in [6.07, 6.45) is 2.64. The van der Waals surface area contributed by atoms with Crippen LogP contribution in [0.4, 0.5) is 0 Å². The predicted molar refractivity (Wildman–Crippen MR) is 74.7 cm³/mol. The van der Waals surface area contributed by atoms with E-state index in [1.807, 2.05) is 19.1 Å². The normalized spacial score (nSPS) is 17.9. The highest BCUT2D eigenvalue weighted by Crippen LogP contribution is 2.34. The van der Waals surface area contributed by atoms with Crippen molar-refractivity contribution >= 4 is 10.1 Å². The molecule has 4 nitrogen and oxygen atoms in total. The molecule has 1 atom stereocenters. The SMILES string of the molecule is Cc1ccc(S(=O)(=O)OC2CCc3cccnc32)cc1. The first-order valence-corrected chi connectivity index (χ1v) is 7.91. The van der Waals surface area contributed by atoms with Gasteiger partial charge in [0.2, 0.25) is 0 Å². The first kappa shape index (κ1) is 13.3. The molecule has 0 bridgehead atoms. The largest absolute Gasteiger partial charge is 0.297 e. The molecule has 1 unspecified atom stereocenters. The maximum absolute atomic E-state index is 12.3. The monoisotopic (exact) mass is 289 g/mol. The van der Waals surface area contributed by atoms with E-state index in [1.54, 1.807) is 30.5 Å². The first-order valence-electron chi connectivity index (χ1n) is 6.50. The Morgan fingerprint density at radius 3 is 2.70 bits per heavy atom. The maximum atomic E-state index is 12.3. The topological polar surface area (TPSA) is 56.3 Å². The number of nitrogens with zero attached hydrogens (tertiary/aromatic N) is 1. The third kappa shape index (κ3) is 2.46. The van der Waals surface area contributed by atoms with Crippen LogP contribution in [0.15, 0.2) is 47.5 Å². The highest BCUT2D eigenvalue weighted by molar-refractivity contribution is 7.86. The van der Waals surface area contributed by atoms with Crippen molar-refractivity contribution in [2.24, 2.45) is 0 Å². The summed E-state index contributed by atoms with van der Waals surface area (Å²) >= 11 is 0. The predicted octanol–water partition coefficient (Wildman–Crippen LogP) is 2.78. The molecule has 1 aliphatic carbocycles. The summed E-state index contributed by atoms with van der Waals surface area (Å²) in [7, 11) is -3.74. The van der Waals surface area contributed by atoms with E-state index in [9.17, 15) is 8.42 Å². The van der Waals surface area contributed by atoms with E-state index in [4.69, 9.17) is 4.18 Å². The third-order valence-electron chi connectivity index (χ3n) is 3.46. The second-order valence-electron chi connectivity index (χ2n) is 4.94. The number of aryl methyl sites for hydroxylation is 2. The molecule has 1 heterocycles. The van der Waals surface area contributed by atoms with Crippen LogP contribution < -0.4 is 0 Å². The molecule has 0 amide bonds. The summed E-state index contributed by atoms with van der Waals surface area (Å²) in [6, 6.07) is 10.5. The van der Waals surface area contributed by atoms with Crippen molar-refractivity contribution in [3.63, 3.8) is 0 Å². The Kier molecular flexibility index (Phi) is 3.31. The van der Waals surface area contributed by atoms with Crippen molar-refractivity contribution in [1.82, 2.24) is 4.98 Å². The van der Waals surface area contributed by atoms with Crippen LogP contribution in [0.1, 0.15) is 29.3 Å². The lowest BCUT2D eigenvalue weighted by Crippen LogP contribution is -2.11. The van der Waals surface area contributed by atoms with Gasteiger partial charge in [0.15, 0.2) is 0 Å². The van der Waals surface area contributed by atoms with E-state index in [1.165, 1.54) is 0 Å². The number of fused-ring (bicyclic) bond motifs is 1. The van der Waals surface area contributed by atoms with Crippen LogP contribution in [0, 0.1) is 6.92 Å². The molecule has 1 aliphatic rings. The van der Waals surface area contributed by atoms with Gasteiger partial charge in [0.25, 0.3) is 10.1 Å². The van der Waals surface area contributed by atoms with Crippen molar-refractivity contribution in [3.8, 4) is 0 Å². The molecule has 5 heteroatoms. The number of aromatic nitrogens is 1. The van der Waals surface area contributed by atoms with Gasteiger partial charge in [-0.3, -0.25) is 9.17 Å². The fourth-order valence-electron chi connectivity index (χ4n) is 2.38. The van der Waals surface area contributed by atoms with Crippen LogP contribution in [0.3, 0.4) is 0 Å².